The fourth-order valence-electron chi connectivity index (χ4n) is 4.00. The molecule has 2 fully saturated rings. The minimum atomic E-state index is -0.618. The van der Waals surface area contributed by atoms with Crippen LogP contribution in [0.2, 0.25) is 0 Å². The van der Waals surface area contributed by atoms with Crippen molar-refractivity contribution in [1.29, 1.82) is 0 Å². The molecule has 2 heterocycles. The van der Waals surface area contributed by atoms with E-state index in [9.17, 15) is 9.18 Å². The summed E-state index contributed by atoms with van der Waals surface area (Å²) < 4.78 is 19.9. The number of hydrogen-bond acceptors (Lipinski definition) is 6. The van der Waals surface area contributed by atoms with E-state index >= 15 is 0 Å². The lowest BCUT2D eigenvalue weighted by molar-refractivity contribution is 0.0636. The molecule has 0 spiro atoms. The molecule has 0 atom stereocenters. The van der Waals surface area contributed by atoms with Crippen LogP contribution in [0.25, 0.3) is 0 Å². The zero-order valence-corrected chi connectivity index (χ0v) is 18.0. The number of nitrogen functional groups attached to an aromatic ring is 1. The number of hydrogen-bond donors (Lipinski definition) is 2. The number of nitrogens with two attached hydrogens (primary N) is 1. The first-order valence-corrected chi connectivity index (χ1v) is 10.4. The number of rotatable bonds is 3. The summed E-state index contributed by atoms with van der Waals surface area (Å²) in [4.78, 5) is 19.0. The van der Waals surface area contributed by atoms with Gasteiger partial charge in [-0.05, 0) is 46.7 Å². The first kappa shape index (κ1) is 21.6. The van der Waals surface area contributed by atoms with Gasteiger partial charge in [0.05, 0.1) is 17.1 Å². The lowest BCUT2D eigenvalue weighted by Gasteiger charge is -2.42. The molecule has 0 saturated carbocycles. The number of likely N-dealkylation sites (N-methyl/N-ethyl adjacent to an activating group) is 1. The number of benzene rings is 1. The molecule has 7 nitrogen and oxygen atoms in total. The zero-order chi connectivity index (χ0) is 21.2. The first-order valence-electron chi connectivity index (χ1n) is 10.4. The maximum absolute atomic E-state index is 14.6. The van der Waals surface area contributed by atoms with E-state index in [1.165, 1.54) is 6.07 Å². The number of piperazine rings is 1. The van der Waals surface area contributed by atoms with Gasteiger partial charge in [-0.15, -0.1) is 0 Å². The Labute approximate surface area is 173 Å². The van der Waals surface area contributed by atoms with Crippen molar-refractivity contribution in [1.82, 2.24) is 9.80 Å². The Balaban J connectivity index is 1.64. The summed E-state index contributed by atoms with van der Waals surface area (Å²) in [6, 6.07) is 3.44. The minimum Gasteiger partial charge on any atom is -0.444 e. The monoisotopic (exact) mass is 407 g/mol. The van der Waals surface area contributed by atoms with Crippen molar-refractivity contribution in [2.45, 2.75) is 45.3 Å². The predicted octanol–water partition coefficient (Wildman–Crippen LogP) is 2.97. The SMILES string of the molecule is CN1CCN(C2CCN(c3cc(NC(=O)OC(C)(C)C)c(N)cc3F)CC2)CC1. The lowest BCUT2D eigenvalue weighted by Crippen LogP contribution is -2.52. The number of anilines is 3. The molecule has 1 aromatic carbocycles. The lowest BCUT2D eigenvalue weighted by atomic mass is 10.0. The maximum atomic E-state index is 14.6. The van der Waals surface area contributed by atoms with E-state index in [1.807, 2.05) is 4.90 Å². The average molecular weight is 408 g/mol. The second-order valence-electron chi connectivity index (χ2n) is 9.08. The van der Waals surface area contributed by atoms with Gasteiger partial charge < -0.3 is 20.3 Å². The van der Waals surface area contributed by atoms with Gasteiger partial charge in [-0.25, -0.2) is 9.18 Å². The third-order valence-corrected chi connectivity index (χ3v) is 5.61. The van der Waals surface area contributed by atoms with E-state index in [0.29, 0.717) is 17.4 Å². The van der Waals surface area contributed by atoms with Crippen LogP contribution < -0.4 is 16.0 Å². The molecule has 3 N–H and O–H groups in total. The molecule has 0 unspecified atom stereocenters. The molecule has 0 bridgehead atoms. The van der Waals surface area contributed by atoms with Crippen LogP contribution in [0, 0.1) is 5.82 Å². The zero-order valence-electron chi connectivity index (χ0n) is 18.0. The Morgan fingerprint density at radius 3 is 2.34 bits per heavy atom. The van der Waals surface area contributed by atoms with Crippen LogP contribution >= 0.6 is 0 Å². The molecule has 2 saturated heterocycles. The number of nitrogens with one attached hydrogen (secondary N) is 1. The van der Waals surface area contributed by atoms with Crippen molar-refractivity contribution in [3.8, 4) is 0 Å². The average Bonchev–Trinajstić information content (AvgIpc) is 2.63. The Morgan fingerprint density at radius 1 is 1.14 bits per heavy atom. The number of amides is 1. The van der Waals surface area contributed by atoms with Gasteiger partial charge in [0.2, 0.25) is 0 Å². The molecule has 162 valence electrons. The van der Waals surface area contributed by atoms with Gasteiger partial charge >= 0.3 is 6.09 Å². The van der Waals surface area contributed by atoms with Gasteiger partial charge in [0.15, 0.2) is 0 Å². The summed E-state index contributed by atoms with van der Waals surface area (Å²) >= 11 is 0. The van der Waals surface area contributed by atoms with E-state index in [0.717, 1.165) is 52.1 Å². The summed E-state index contributed by atoms with van der Waals surface area (Å²) in [5, 5.41) is 2.65. The Morgan fingerprint density at radius 2 is 1.76 bits per heavy atom. The van der Waals surface area contributed by atoms with Crippen molar-refractivity contribution in [2.24, 2.45) is 0 Å². The van der Waals surface area contributed by atoms with Gasteiger partial charge in [0.1, 0.15) is 11.4 Å². The largest absolute Gasteiger partial charge is 0.444 e. The predicted molar refractivity (Wildman–Crippen MR) is 115 cm³/mol. The molecule has 2 aliphatic rings. The highest BCUT2D eigenvalue weighted by Gasteiger charge is 2.28. The van der Waals surface area contributed by atoms with Gasteiger partial charge in [0.25, 0.3) is 0 Å². The number of piperidine rings is 1. The summed E-state index contributed by atoms with van der Waals surface area (Å²) in [6.07, 6.45) is 1.40. The molecule has 1 aromatic rings. The first-order chi connectivity index (χ1) is 13.6. The highest BCUT2D eigenvalue weighted by molar-refractivity contribution is 5.90. The van der Waals surface area contributed by atoms with Crippen molar-refractivity contribution in [3.05, 3.63) is 17.9 Å². The molecule has 2 aliphatic heterocycles. The van der Waals surface area contributed by atoms with Gasteiger partial charge in [-0.3, -0.25) is 10.2 Å². The van der Waals surface area contributed by atoms with Crippen LogP contribution in [0.15, 0.2) is 12.1 Å². The summed E-state index contributed by atoms with van der Waals surface area (Å²) in [6.45, 7) is 11.3. The van der Waals surface area contributed by atoms with Crippen LogP contribution in [0.3, 0.4) is 0 Å². The molecular formula is C21H34FN5O2. The quantitative estimate of drug-likeness (QED) is 0.751. The number of nitrogens with zero attached hydrogens (tertiary/aromatic N) is 3. The fourth-order valence-corrected chi connectivity index (χ4v) is 4.00. The normalized spacial score (nSPS) is 20.0. The molecular weight excluding hydrogens is 373 g/mol. The number of halogens is 1. The van der Waals surface area contributed by atoms with Crippen LogP contribution in [0.1, 0.15) is 33.6 Å². The minimum absolute atomic E-state index is 0.185. The summed E-state index contributed by atoms with van der Waals surface area (Å²) in [5.41, 5.74) is 6.34. The molecule has 0 radical (unpaired) electrons. The topological polar surface area (TPSA) is 74.1 Å². The number of carbonyl (C=O) groups is 1. The fraction of sp³-hybridized carbons (Fsp3) is 0.667. The maximum Gasteiger partial charge on any atom is 0.412 e. The van der Waals surface area contributed by atoms with Crippen LogP contribution in [-0.2, 0) is 4.74 Å². The third kappa shape index (κ3) is 5.73. The molecule has 0 aliphatic carbocycles. The second kappa shape index (κ2) is 8.75. The van der Waals surface area contributed by atoms with Gasteiger partial charge in [-0.1, -0.05) is 0 Å². The smallest absolute Gasteiger partial charge is 0.412 e. The molecule has 1 amide bonds. The van der Waals surface area contributed by atoms with Gasteiger partial charge in [-0.2, -0.15) is 0 Å². The Bertz CT molecular complexity index is 721. The number of carbonyl (C=O) groups excluding carboxylic acids is 1. The molecule has 29 heavy (non-hydrogen) atoms. The highest BCUT2D eigenvalue weighted by Crippen LogP contribution is 2.32. The Hall–Kier alpha value is -2.06. The van der Waals surface area contributed by atoms with Crippen molar-refractivity contribution < 1.29 is 13.9 Å². The molecule has 8 heteroatoms. The van der Waals surface area contributed by atoms with E-state index in [2.05, 4.69) is 22.2 Å². The van der Waals surface area contributed by atoms with E-state index < -0.39 is 11.7 Å². The van der Waals surface area contributed by atoms with E-state index in [1.54, 1.807) is 26.8 Å². The van der Waals surface area contributed by atoms with Crippen LogP contribution in [0.5, 0.6) is 0 Å². The standard InChI is InChI=1S/C21H34FN5O2/c1-21(2,3)29-20(28)24-18-14-19(16(22)13-17(18)23)27-7-5-15(6-8-27)26-11-9-25(4)10-12-26/h13-15H,5-12,23H2,1-4H3,(H,24,28). The summed E-state index contributed by atoms with van der Waals surface area (Å²) in [5.74, 6) is -0.365. The van der Waals surface area contributed by atoms with Crippen molar-refractivity contribution in [2.75, 3.05) is 62.3 Å². The molecule has 0 aromatic heterocycles. The van der Waals surface area contributed by atoms with E-state index in [-0.39, 0.29) is 11.5 Å². The van der Waals surface area contributed by atoms with Crippen molar-refractivity contribution >= 4 is 23.2 Å². The summed E-state index contributed by atoms with van der Waals surface area (Å²) in [7, 11) is 2.16. The number of ether oxygens (including phenoxy) is 1. The Kier molecular flexibility index (Phi) is 6.53. The third-order valence-electron chi connectivity index (χ3n) is 5.61. The van der Waals surface area contributed by atoms with E-state index in [4.69, 9.17) is 10.5 Å². The van der Waals surface area contributed by atoms with Gasteiger partial charge in [0, 0.05) is 51.4 Å². The van der Waals surface area contributed by atoms with Crippen LogP contribution in [0.4, 0.5) is 26.2 Å². The highest BCUT2D eigenvalue weighted by atomic mass is 19.1. The second-order valence-corrected chi connectivity index (χ2v) is 9.08. The van der Waals surface area contributed by atoms with Crippen LogP contribution in [-0.4, -0.2) is 73.9 Å². The molecule has 3 rings (SSSR count). The van der Waals surface area contributed by atoms with Crippen molar-refractivity contribution in [3.63, 3.8) is 0 Å².